The lowest BCUT2D eigenvalue weighted by molar-refractivity contribution is -0.236. The van der Waals surface area contributed by atoms with Crippen LogP contribution in [0.4, 0.5) is 0 Å². The molecule has 7 heteroatoms. The molecule has 168 valence electrons. The molecule has 4 rings (SSSR count). The maximum Gasteiger partial charge on any atom is 0.190 e. The second-order valence-electron chi connectivity index (χ2n) is 9.06. The van der Waals surface area contributed by atoms with Crippen LogP contribution in [0.15, 0.2) is 24.3 Å². The number of fused-ring (bicyclic) bond motifs is 1. The van der Waals surface area contributed by atoms with E-state index in [0.29, 0.717) is 13.2 Å². The SMILES string of the molecule is CCCCOc1ccc(CO[C@H]2[C@H]3OC(C)(C)O[C@@H]3O[C@@H]2[C@H]2COC(C)(C)O2)cc1. The van der Waals surface area contributed by atoms with Gasteiger partial charge >= 0.3 is 0 Å². The number of rotatable bonds is 8. The van der Waals surface area contributed by atoms with Gasteiger partial charge in [0, 0.05) is 0 Å². The molecule has 0 saturated carbocycles. The molecular weight excluding hydrogens is 388 g/mol. The Bertz CT molecular complexity index is 702. The van der Waals surface area contributed by atoms with Gasteiger partial charge in [-0.15, -0.1) is 0 Å². The molecule has 1 aromatic rings. The molecule has 0 bridgehead atoms. The molecule has 5 atom stereocenters. The van der Waals surface area contributed by atoms with Crippen molar-refractivity contribution in [3.8, 4) is 5.75 Å². The summed E-state index contributed by atoms with van der Waals surface area (Å²) in [4.78, 5) is 0. The van der Waals surface area contributed by atoms with Crippen molar-refractivity contribution in [2.45, 2.75) is 96.3 Å². The van der Waals surface area contributed by atoms with E-state index in [9.17, 15) is 0 Å². The molecule has 1 aromatic carbocycles. The van der Waals surface area contributed by atoms with Crippen molar-refractivity contribution in [3.63, 3.8) is 0 Å². The molecule has 3 fully saturated rings. The second kappa shape index (κ2) is 8.73. The average molecular weight is 423 g/mol. The number of hydrogen-bond donors (Lipinski definition) is 0. The number of hydrogen-bond acceptors (Lipinski definition) is 7. The fourth-order valence-corrected chi connectivity index (χ4v) is 4.08. The molecule has 0 aliphatic carbocycles. The molecule has 0 aromatic heterocycles. The minimum absolute atomic E-state index is 0.236. The van der Waals surface area contributed by atoms with Crippen molar-refractivity contribution in [1.29, 1.82) is 0 Å². The number of unbranched alkanes of at least 4 members (excludes halogenated alkanes) is 1. The normalized spacial score (nSPS) is 34.2. The summed E-state index contributed by atoms with van der Waals surface area (Å²) >= 11 is 0. The van der Waals surface area contributed by atoms with Crippen LogP contribution in [0, 0.1) is 0 Å². The maximum absolute atomic E-state index is 6.32. The Morgan fingerprint density at radius 2 is 1.73 bits per heavy atom. The third-order valence-corrected chi connectivity index (χ3v) is 5.56. The van der Waals surface area contributed by atoms with E-state index in [0.717, 1.165) is 30.8 Å². The Labute approximate surface area is 178 Å². The van der Waals surface area contributed by atoms with Crippen LogP contribution in [-0.4, -0.2) is 55.5 Å². The molecular formula is C23H34O7. The van der Waals surface area contributed by atoms with Crippen LogP contribution in [0.3, 0.4) is 0 Å². The molecule has 3 saturated heterocycles. The molecule has 3 aliphatic heterocycles. The van der Waals surface area contributed by atoms with Gasteiger partial charge in [0.1, 0.15) is 30.2 Å². The zero-order valence-corrected chi connectivity index (χ0v) is 18.6. The smallest absolute Gasteiger partial charge is 0.190 e. The van der Waals surface area contributed by atoms with Crippen LogP contribution in [0.2, 0.25) is 0 Å². The third-order valence-electron chi connectivity index (χ3n) is 5.56. The molecule has 0 amide bonds. The molecule has 3 heterocycles. The van der Waals surface area contributed by atoms with E-state index in [2.05, 4.69) is 6.92 Å². The third kappa shape index (κ3) is 4.98. The summed E-state index contributed by atoms with van der Waals surface area (Å²) in [7, 11) is 0. The van der Waals surface area contributed by atoms with E-state index in [1.165, 1.54) is 0 Å². The van der Waals surface area contributed by atoms with Gasteiger partial charge < -0.3 is 33.2 Å². The molecule has 0 radical (unpaired) electrons. The van der Waals surface area contributed by atoms with E-state index in [1.807, 2.05) is 52.0 Å². The lowest BCUT2D eigenvalue weighted by atomic mass is 10.1. The summed E-state index contributed by atoms with van der Waals surface area (Å²) in [6, 6.07) is 8.01. The summed E-state index contributed by atoms with van der Waals surface area (Å²) < 4.78 is 42.0. The van der Waals surface area contributed by atoms with Gasteiger partial charge in [-0.3, -0.25) is 0 Å². The fraction of sp³-hybridized carbons (Fsp3) is 0.739. The highest BCUT2D eigenvalue weighted by atomic mass is 16.8. The van der Waals surface area contributed by atoms with Gasteiger partial charge in [-0.05, 0) is 51.8 Å². The average Bonchev–Trinajstić information content (AvgIpc) is 3.30. The fourth-order valence-electron chi connectivity index (χ4n) is 4.08. The van der Waals surface area contributed by atoms with Crippen molar-refractivity contribution in [2.24, 2.45) is 0 Å². The van der Waals surface area contributed by atoms with Gasteiger partial charge in [0.05, 0.1) is 19.8 Å². The molecule has 0 spiro atoms. The Hall–Kier alpha value is -1.22. The summed E-state index contributed by atoms with van der Waals surface area (Å²) in [5.74, 6) is -0.460. The quantitative estimate of drug-likeness (QED) is 0.591. The Kier molecular flexibility index (Phi) is 6.40. The topological polar surface area (TPSA) is 64.6 Å². The summed E-state index contributed by atoms with van der Waals surface area (Å²) in [6.07, 6.45) is 0.507. The molecule has 0 unspecified atom stereocenters. The predicted octanol–water partition coefficient (Wildman–Crippen LogP) is 3.78. The minimum atomic E-state index is -0.703. The van der Waals surface area contributed by atoms with Gasteiger partial charge in [-0.2, -0.15) is 0 Å². The molecule has 30 heavy (non-hydrogen) atoms. The van der Waals surface area contributed by atoms with Crippen molar-refractivity contribution in [2.75, 3.05) is 13.2 Å². The van der Waals surface area contributed by atoms with Gasteiger partial charge in [0.15, 0.2) is 17.9 Å². The highest BCUT2D eigenvalue weighted by molar-refractivity contribution is 5.26. The summed E-state index contributed by atoms with van der Waals surface area (Å²) in [5, 5.41) is 0. The zero-order valence-electron chi connectivity index (χ0n) is 18.6. The van der Waals surface area contributed by atoms with Crippen LogP contribution in [0.5, 0.6) is 5.75 Å². The number of benzene rings is 1. The zero-order chi connectivity index (χ0) is 21.4. The largest absolute Gasteiger partial charge is 0.494 e. The van der Waals surface area contributed by atoms with E-state index >= 15 is 0 Å². The van der Waals surface area contributed by atoms with Crippen LogP contribution in [0.25, 0.3) is 0 Å². The van der Waals surface area contributed by atoms with Crippen molar-refractivity contribution < 1.29 is 33.2 Å². The van der Waals surface area contributed by atoms with Gasteiger partial charge in [0.2, 0.25) is 0 Å². The van der Waals surface area contributed by atoms with Crippen molar-refractivity contribution in [3.05, 3.63) is 29.8 Å². The van der Waals surface area contributed by atoms with Gasteiger partial charge in [-0.25, -0.2) is 0 Å². The van der Waals surface area contributed by atoms with E-state index in [1.54, 1.807) is 0 Å². The minimum Gasteiger partial charge on any atom is -0.494 e. The molecule has 7 nitrogen and oxygen atoms in total. The maximum atomic E-state index is 6.32. The number of ether oxygens (including phenoxy) is 7. The Balaban J connectivity index is 1.40. The first-order chi connectivity index (χ1) is 14.3. The van der Waals surface area contributed by atoms with E-state index in [4.69, 9.17) is 33.2 Å². The lowest BCUT2D eigenvalue weighted by Crippen LogP contribution is -2.44. The Morgan fingerprint density at radius 3 is 2.40 bits per heavy atom. The van der Waals surface area contributed by atoms with Crippen LogP contribution < -0.4 is 4.74 Å². The standard InChI is InChI=1S/C23H34O7/c1-6-7-12-24-16-10-8-15(9-11-16)13-25-19-18(17-14-26-22(2,3)28-17)27-21-20(19)29-23(4,5)30-21/h8-11,17-21H,6-7,12-14H2,1-5H3/t17-,18-,19-,20-,21+/m1/s1. The van der Waals surface area contributed by atoms with E-state index < -0.39 is 17.9 Å². The second-order valence-corrected chi connectivity index (χ2v) is 9.06. The summed E-state index contributed by atoms with van der Waals surface area (Å²) in [5.41, 5.74) is 1.06. The predicted molar refractivity (Wildman–Crippen MR) is 109 cm³/mol. The van der Waals surface area contributed by atoms with Crippen molar-refractivity contribution in [1.82, 2.24) is 0 Å². The highest BCUT2D eigenvalue weighted by Gasteiger charge is 2.58. The first-order valence-electron chi connectivity index (χ1n) is 10.9. The first-order valence-corrected chi connectivity index (χ1v) is 10.9. The Morgan fingerprint density at radius 1 is 0.967 bits per heavy atom. The van der Waals surface area contributed by atoms with Crippen LogP contribution in [0.1, 0.15) is 53.0 Å². The lowest BCUT2D eigenvalue weighted by Gasteiger charge is -2.29. The first kappa shape index (κ1) is 22.0. The molecule has 3 aliphatic rings. The van der Waals surface area contributed by atoms with Gasteiger partial charge in [0.25, 0.3) is 0 Å². The van der Waals surface area contributed by atoms with Crippen LogP contribution >= 0.6 is 0 Å². The highest BCUT2D eigenvalue weighted by Crippen LogP contribution is 2.42. The van der Waals surface area contributed by atoms with Gasteiger partial charge in [-0.1, -0.05) is 25.5 Å². The summed E-state index contributed by atoms with van der Waals surface area (Å²) in [6.45, 7) is 11.3. The van der Waals surface area contributed by atoms with Crippen LogP contribution in [-0.2, 0) is 35.0 Å². The monoisotopic (exact) mass is 422 g/mol. The van der Waals surface area contributed by atoms with Crippen molar-refractivity contribution >= 4 is 0 Å². The van der Waals surface area contributed by atoms with E-state index in [-0.39, 0.29) is 24.4 Å². The molecule has 0 N–H and O–H groups in total.